The SMILES string of the molecule is CC(C)C(=O)c1cc(Cl)cc(C(F)F)c1. The van der Waals surface area contributed by atoms with E-state index in [1.54, 1.807) is 13.8 Å². The number of alkyl halides is 2. The Labute approximate surface area is 92.1 Å². The van der Waals surface area contributed by atoms with E-state index in [9.17, 15) is 13.6 Å². The van der Waals surface area contributed by atoms with Crippen LogP contribution in [0.15, 0.2) is 18.2 Å². The van der Waals surface area contributed by atoms with Crippen molar-refractivity contribution in [3.63, 3.8) is 0 Å². The molecule has 0 aliphatic rings. The Balaban J connectivity index is 3.14. The average Bonchev–Trinajstić information content (AvgIpc) is 2.15. The number of carbonyl (C=O) groups is 1. The number of halogens is 3. The number of hydrogen-bond acceptors (Lipinski definition) is 1. The molecule has 4 heteroatoms. The van der Waals surface area contributed by atoms with E-state index in [4.69, 9.17) is 11.6 Å². The maximum absolute atomic E-state index is 12.4. The highest BCUT2D eigenvalue weighted by molar-refractivity contribution is 6.31. The summed E-state index contributed by atoms with van der Waals surface area (Å²) in [6.45, 7) is 3.43. The number of benzene rings is 1. The average molecular weight is 233 g/mol. The molecule has 0 bridgehead atoms. The van der Waals surface area contributed by atoms with Gasteiger partial charge in [-0.05, 0) is 18.2 Å². The van der Waals surface area contributed by atoms with Gasteiger partial charge in [0.2, 0.25) is 0 Å². The maximum atomic E-state index is 12.4. The summed E-state index contributed by atoms with van der Waals surface area (Å²) in [5.41, 5.74) is 0.0271. The lowest BCUT2D eigenvalue weighted by Crippen LogP contribution is -2.07. The first kappa shape index (κ1) is 12.1. The Morgan fingerprint density at radius 3 is 2.33 bits per heavy atom. The molecule has 0 saturated heterocycles. The van der Waals surface area contributed by atoms with Crippen molar-refractivity contribution in [2.45, 2.75) is 20.3 Å². The van der Waals surface area contributed by atoms with Crippen LogP contribution in [0.4, 0.5) is 8.78 Å². The fourth-order valence-electron chi connectivity index (χ4n) is 1.21. The Kier molecular flexibility index (Phi) is 3.80. The molecule has 1 rings (SSSR count). The minimum Gasteiger partial charge on any atom is -0.294 e. The van der Waals surface area contributed by atoms with E-state index in [1.165, 1.54) is 18.2 Å². The molecule has 1 aromatic rings. The molecule has 1 aromatic carbocycles. The fraction of sp³-hybridized carbons (Fsp3) is 0.364. The Bertz CT molecular complexity index is 375. The Morgan fingerprint density at radius 2 is 1.87 bits per heavy atom. The van der Waals surface area contributed by atoms with Crippen molar-refractivity contribution in [2.24, 2.45) is 5.92 Å². The van der Waals surface area contributed by atoms with Crippen LogP contribution in [-0.4, -0.2) is 5.78 Å². The molecule has 0 aliphatic heterocycles. The summed E-state index contributed by atoms with van der Waals surface area (Å²) in [5.74, 6) is -0.409. The van der Waals surface area contributed by atoms with Gasteiger partial charge < -0.3 is 0 Å². The molecule has 0 unspecified atom stereocenters. The highest BCUT2D eigenvalue weighted by Gasteiger charge is 2.15. The van der Waals surface area contributed by atoms with Crippen LogP contribution in [0.1, 0.15) is 36.2 Å². The molecule has 0 aliphatic carbocycles. The minimum atomic E-state index is -2.61. The van der Waals surface area contributed by atoms with Gasteiger partial charge in [-0.1, -0.05) is 25.4 Å². The second kappa shape index (κ2) is 4.71. The zero-order valence-electron chi connectivity index (χ0n) is 8.43. The molecule has 0 aromatic heterocycles. The monoisotopic (exact) mass is 232 g/mol. The molecule has 15 heavy (non-hydrogen) atoms. The third-order valence-corrected chi connectivity index (χ3v) is 2.20. The normalized spacial score (nSPS) is 11.1. The van der Waals surface area contributed by atoms with Crippen LogP contribution < -0.4 is 0 Å². The molecule has 0 amide bonds. The van der Waals surface area contributed by atoms with Crippen molar-refractivity contribution in [2.75, 3.05) is 0 Å². The molecule has 1 nitrogen and oxygen atoms in total. The summed E-state index contributed by atoms with van der Waals surface area (Å²) < 4.78 is 24.8. The van der Waals surface area contributed by atoms with Crippen molar-refractivity contribution in [1.82, 2.24) is 0 Å². The van der Waals surface area contributed by atoms with Crippen molar-refractivity contribution in [1.29, 1.82) is 0 Å². The molecule has 0 heterocycles. The van der Waals surface area contributed by atoms with Crippen molar-refractivity contribution in [3.05, 3.63) is 34.3 Å². The van der Waals surface area contributed by atoms with Crippen LogP contribution in [0.2, 0.25) is 5.02 Å². The lowest BCUT2D eigenvalue weighted by Gasteiger charge is -2.07. The number of rotatable bonds is 3. The molecule has 0 fully saturated rings. The van der Waals surface area contributed by atoms with Crippen molar-refractivity contribution < 1.29 is 13.6 Å². The van der Waals surface area contributed by atoms with Crippen molar-refractivity contribution >= 4 is 17.4 Å². The molecular weight excluding hydrogens is 222 g/mol. The standard InChI is InChI=1S/C11H11ClF2O/c1-6(2)10(15)7-3-8(11(13)14)5-9(12)4-7/h3-6,11H,1-2H3. The molecule has 0 atom stereocenters. The first-order chi connectivity index (χ1) is 6.91. The number of ketones is 1. The molecule has 0 radical (unpaired) electrons. The highest BCUT2D eigenvalue weighted by atomic mass is 35.5. The van der Waals surface area contributed by atoms with Crippen LogP contribution >= 0.6 is 11.6 Å². The van der Waals surface area contributed by atoms with Gasteiger partial charge >= 0.3 is 0 Å². The summed E-state index contributed by atoms with van der Waals surface area (Å²) in [6.07, 6.45) is -2.61. The summed E-state index contributed by atoms with van der Waals surface area (Å²) in [7, 11) is 0. The Hall–Kier alpha value is -0.960. The minimum absolute atomic E-state index is 0.164. The largest absolute Gasteiger partial charge is 0.294 e. The summed E-state index contributed by atoms with van der Waals surface area (Å²) in [5, 5.41) is 0.164. The number of Topliss-reactive ketones (excluding diaryl/α,β-unsaturated/α-hetero) is 1. The van der Waals surface area contributed by atoms with Crippen LogP contribution in [0.25, 0.3) is 0 Å². The summed E-state index contributed by atoms with van der Waals surface area (Å²) >= 11 is 5.66. The maximum Gasteiger partial charge on any atom is 0.263 e. The number of hydrogen-bond donors (Lipinski definition) is 0. The van der Waals surface area contributed by atoms with Gasteiger partial charge in [-0.2, -0.15) is 0 Å². The highest BCUT2D eigenvalue weighted by Crippen LogP contribution is 2.25. The zero-order valence-corrected chi connectivity index (χ0v) is 9.18. The molecule has 82 valence electrons. The van der Waals surface area contributed by atoms with E-state index >= 15 is 0 Å². The smallest absolute Gasteiger partial charge is 0.263 e. The van der Waals surface area contributed by atoms with E-state index in [1.807, 2.05) is 0 Å². The predicted octanol–water partition coefficient (Wildman–Crippen LogP) is 4.12. The van der Waals surface area contributed by atoms with E-state index in [2.05, 4.69) is 0 Å². The molecule has 0 N–H and O–H groups in total. The topological polar surface area (TPSA) is 17.1 Å². The Morgan fingerprint density at radius 1 is 1.27 bits per heavy atom. The molecule has 0 spiro atoms. The van der Waals surface area contributed by atoms with Gasteiger partial charge in [0.25, 0.3) is 6.43 Å². The van der Waals surface area contributed by atoms with Gasteiger partial charge in [-0.25, -0.2) is 8.78 Å². The van der Waals surface area contributed by atoms with E-state index < -0.39 is 6.43 Å². The van der Waals surface area contributed by atoms with Gasteiger partial charge in [-0.3, -0.25) is 4.79 Å². The third kappa shape index (κ3) is 2.99. The van der Waals surface area contributed by atoms with Crippen LogP contribution in [-0.2, 0) is 0 Å². The predicted molar refractivity (Wildman–Crippen MR) is 55.6 cm³/mol. The first-order valence-corrected chi connectivity index (χ1v) is 4.92. The second-order valence-electron chi connectivity index (χ2n) is 3.59. The van der Waals surface area contributed by atoms with Gasteiger partial charge in [-0.15, -0.1) is 0 Å². The van der Waals surface area contributed by atoms with E-state index in [0.29, 0.717) is 0 Å². The summed E-state index contributed by atoms with van der Waals surface area (Å²) in [4.78, 5) is 11.6. The van der Waals surface area contributed by atoms with Crippen LogP contribution in [0.5, 0.6) is 0 Å². The van der Waals surface area contributed by atoms with Crippen LogP contribution in [0.3, 0.4) is 0 Å². The molecule has 0 saturated carbocycles. The number of carbonyl (C=O) groups excluding carboxylic acids is 1. The van der Waals surface area contributed by atoms with Gasteiger partial charge in [0.15, 0.2) is 5.78 Å². The quantitative estimate of drug-likeness (QED) is 0.717. The zero-order chi connectivity index (χ0) is 11.6. The van der Waals surface area contributed by atoms with E-state index in [0.717, 1.165) is 0 Å². The third-order valence-electron chi connectivity index (χ3n) is 1.98. The van der Waals surface area contributed by atoms with Gasteiger partial charge in [0.05, 0.1) is 0 Å². The van der Waals surface area contributed by atoms with Crippen LogP contribution in [0, 0.1) is 5.92 Å². The van der Waals surface area contributed by atoms with Gasteiger partial charge in [0.1, 0.15) is 0 Å². The van der Waals surface area contributed by atoms with Crippen molar-refractivity contribution in [3.8, 4) is 0 Å². The molecular formula is C11H11ClF2O. The van der Waals surface area contributed by atoms with Gasteiger partial charge in [0, 0.05) is 22.1 Å². The lowest BCUT2D eigenvalue weighted by molar-refractivity contribution is 0.0939. The summed E-state index contributed by atoms with van der Waals surface area (Å²) in [6, 6.07) is 3.78. The fourth-order valence-corrected chi connectivity index (χ4v) is 1.46. The van der Waals surface area contributed by atoms with E-state index in [-0.39, 0.29) is 27.9 Å². The first-order valence-electron chi connectivity index (χ1n) is 4.54. The lowest BCUT2D eigenvalue weighted by atomic mass is 9.99. The second-order valence-corrected chi connectivity index (χ2v) is 4.03.